The van der Waals surface area contributed by atoms with E-state index in [2.05, 4.69) is 31.3 Å². The van der Waals surface area contributed by atoms with Crippen molar-refractivity contribution >= 4 is 11.6 Å². The van der Waals surface area contributed by atoms with Gasteiger partial charge in [0.05, 0.1) is 0 Å². The highest BCUT2D eigenvalue weighted by Gasteiger charge is 2.02. The molecule has 1 N–H and O–H groups in total. The van der Waals surface area contributed by atoms with Crippen LogP contribution in [-0.2, 0) is 11.2 Å². The largest absolute Gasteiger partial charge is 0.326 e. The van der Waals surface area contributed by atoms with Crippen molar-refractivity contribution < 1.29 is 4.79 Å². The van der Waals surface area contributed by atoms with E-state index in [1.165, 1.54) is 69.8 Å². The molecule has 1 aromatic rings. The fraction of sp³-hybridized carbons (Fsp3) is 0.708. The number of hydrogen-bond acceptors (Lipinski definition) is 1. The number of anilines is 1. The van der Waals surface area contributed by atoms with Gasteiger partial charge in [0.2, 0.25) is 5.91 Å². The summed E-state index contributed by atoms with van der Waals surface area (Å²) < 4.78 is 0. The average molecular weight is 360 g/mol. The molecule has 0 bridgehead atoms. The lowest BCUT2D eigenvalue weighted by Gasteiger charge is -2.07. The minimum absolute atomic E-state index is 0.140. The van der Waals surface area contributed by atoms with Gasteiger partial charge in [0.1, 0.15) is 0 Å². The maximum absolute atomic E-state index is 11.8. The maximum Gasteiger partial charge on any atom is 0.224 e. The highest BCUT2D eigenvalue weighted by molar-refractivity contribution is 5.90. The molecule has 0 aliphatic heterocycles. The predicted molar refractivity (Wildman–Crippen MR) is 115 cm³/mol. The smallest absolute Gasteiger partial charge is 0.224 e. The average Bonchev–Trinajstić information content (AvgIpc) is 2.65. The van der Waals surface area contributed by atoms with Gasteiger partial charge < -0.3 is 5.32 Å². The van der Waals surface area contributed by atoms with Crippen LogP contribution in [0.4, 0.5) is 5.69 Å². The van der Waals surface area contributed by atoms with Gasteiger partial charge in [-0.15, -0.1) is 0 Å². The summed E-state index contributed by atoms with van der Waals surface area (Å²) in [7, 11) is 0. The van der Waals surface area contributed by atoms with E-state index in [-0.39, 0.29) is 5.91 Å². The second-order valence-electron chi connectivity index (χ2n) is 7.63. The predicted octanol–water partition coefficient (Wildman–Crippen LogP) is 7.67. The minimum atomic E-state index is 0.140. The Labute approximate surface area is 162 Å². The van der Waals surface area contributed by atoms with Crippen molar-refractivity contribution in [2.24, 2.45) is 0 Å². The number of benzene rings is 1. The van der Waals surface area contributed by atoms with Crippen molar-refractivity contribution in [3.63, 3.8) is 0 Å². The molecular weight excluding hydrogens is 318 g/mol. The number of carbonyl (C=O) groups excluding carboxylic acids is 1. The number of carbonyl (C=O) groups is 1. The summed E-state index contributed by atoms with van der Waals surface area (Å²) in [5.74, 6) is 0.140. The van der Waals surface area contributed by atoms with Crippen LogP contribution in [-0.4, -0.2) is 5.91 Å². The molecule has 2 heteroatoms. The maximum atomic E-state index is 11.8. The van der Waals surface area contributed by atoms with E-state index in [1.54, 1.807) is 0 Å². The second kappa shape index (κ2) is 15.9. The summed E-state index contributed by atoms with van der Waals surface area (Å²) in [6.07, 6.45) is 18.9. The lowest BCUT2D eigenvalue weighted by Crippen LogP contribution is -2.10. The number of nitrogens with one attached hydrogen (secondary N) is 1. The molecular formula is C24H41NO. The van der Waals surface area contributed by atoms with E-state index >= 15 is 0 Å². The monoisotopic (exact) mass is 359 g/mol. The first kappa shape index (κ1) is 22.7. The summed E-state index contributed by atoms with van der Waals surface area (Å²) in [6.45, 7) is 4.43. The zero-order valence-corrected chi connectivity index (χ0v) is 17.3. The fourth-order valence-corrected chi connectivity index (χ4v) is 3.33. The van der Waals surface area contributed by atoms with Crippen molar-refractivity contribution in [1.82, 2.24) is 0 Å². The van der Waals surface area contributed by atoms with Crippen LogP contribution in [0, 0.1) is 0 Å². The first-order chi connectivity index (χ1) is 12.8. The molecule has 0 aromatic heterocycles. The van der Waals surface area contributed by atoms with Gasteiger partial charge in [0, 0.05) is 12.1 Å². The van der Waals surface area contributed by atoms with Crippen LogP contribution < -0.4 is 5.32 Å². The van der Waals surface area contributed by atoms with Crippen LogP contribution in [0.25, 0.3) is 0 Å². The number of amides is 1. The van der Waals surface area contributed by atoms with E-state index in [0.717, 1.165) is 31.4 Å². The molecule has 0 atom stereocenters. The number of rotatable bonds is 16. The number of unbranched alkanes of at least 4 members (excludes halogenated alkanes) is 11. The third-order valence-electron chi connectivity index (χ3n) is 5.06. The topological polar surface area (TPSA) is 29.1 Å². The fourth-order valence-electron chi connectivity index (χ4n) is 3.33. The van der Waals surface area contributed by atoms with E-state index in [9.17, 15) is 4.79 Å². The van der Waals surface area contributed by atoms with Crippen LogP contribution in [0.1, 0.15) is 109 Å². The number of hydrogen-bond donors (Lipinski definition) is 1. The molecule has 0 fully saturated rings. The van der Waals surface area contributed by atoms with Crippen LogP contribution in [0.3, 0.4) is 0 Å². The van der Waals surface area contributed by atoms with Gasteiger partial charge >= 0.3 is 0 Å². The highest BCUT2D eigenvalue weighted by Crippen LogP contribution is 2.15. The molecule has 0 heterocycles. The summed E-state index contributed by atoms with van der Waals surface area (Å²) >= 11 is 0. The third-order valence-corrected chi connectivity index (χ3v) is 5.06. The Morgan fingerprint density at radius 2 is 1.19 bits per heavy atom. The molecule has 26 heavy (non-hydrogen) atoms. The molecule has 0 spiro atoms. The van der Waals surface area contributed by atoms with Gasteiger partial charge in [-0.2, -0.15) is 0 Å². The minimum Gasteiger partial charge on any atom is -0.326 e. The normalized spacial score (nSPS) is 10.8. The van der Waals surface area contributed by atoms with Crippen LogP contribution in [0.5, 0.6) is 0 Å². The second-order valence-corrected chi connectivity index (χ2v) is 7.63. The van der Waals surface area contributed by atoms with Gasteiger partial charge in [0.25, 0.3) is 0 Å². The van der Waals surface area contributed by atoms with E-state index in [1.807, 2.05) is 12.1 Å². The summed E-state index contributed by atoms with van der Waals surface area (Å²) in [5, 5.41) is 3.00. The Balaban J connectivity index is 2.05. The Kier molecular flexibility index (Phi) is 13.9. The Bertz CT molecular complexity index is 452. The quantitative estimate of drug-likeness (QED) is 0.301. The summed E-state index contributed by atoms with van der Waals surface area (Å²) in [4.78, 5) is 11.8. The van der Waals surface area contributed by atoms with Gasteiger partial charge in [-0.1, -0.05) is 96.6 Å². The third kappa shape index (κ3) is 12.1. The van der Waals surface area contributed by atoms with Gasteiger partial charge in [0.15, 0.2) is 0 Å². The van der Waals surface area contributed by atoms with Crippen LogP contribution >= 0.6 is 0 Å². The summed E-state index contributed by atoms with van der Waals surface area (Å²) in [6, 6.07) is 8.41. The zero-order chi connectivity index (χ0) is 18.9. The van der Waals surface area contributed by atoms with Gasteiger partial charge in [-0.3, -0.25) is 4.79 Å². The molecule has 0 aliphatic carbocycles. The molecule has 2 nitrogen and oxygen atoms in total. The Morgan fingerprint density at radius 1 is 0.692 bits per heavy atom. The van der Waals surface area contributed by atoms with Crippen molar-refractivity contribution in [3.05, 3.63) is 29.8 Å². The zero-order valence-electron chi connectivity index (χ0n) is 17.3. The molecule has 0 radical (unpaired) electrons. The van der Waals surface area contributed by atoms with Crippen molar-refractivity contribution in [1.29, 1.82) is 0 Å². The lowest BCUT2D eigenvalue weighted by molar-refractivity contribution is -0.116. The molecule has 0 saturated carbocycles. The van der Waals surface area contributed by atoms with Gasteiger partial charge in [-0.25, -0.2) is 0 Å². The van der Waals surface area contributed by atoms with Crippen molar-refractivity contribution in [3.8, 4) is 0 Å². The SMILES string of the molecule is CCCCCCCCCCCCc1ccc(NC(=O)CCCCC)cc1. The Morgan fingerprint density at radius 3 is 1.77 bits per heavy atom. The summed E-state index contributed by atoms with van der Waals surface area (Å²) in [5.41, 5.74) is 2.31. The molecule has 0 aliphatic rings. The first-order valence-corrected chi connectivity index (χ1v) is 11.1. The van der Waals surface area contributed by atoms with Crippen molar-refractivity contribution in [2.45, 2.75) is 110 Å². The van der Waals surface area contributed by atoms with E-state index in [4.69, 9.17) is 0 Å². The molecule has 1 amide bonds. The van der Waals surface area contributed by atoms with Crippen molar-refractivity contribution in [2.75, 3.05) is 5.32 Å². The first-order valence-electron chi connectivity index (χ1n) is 11.1. The standard InChI is InChI=1S/C24H41NO/c1-3-5-7-8-9-10-11-12-13-15-16-22-18-20-23(21-19-22)25-24(26)17-14-6-4-2/h18-21H,3-17H2,1-2H3,(H,25,26). The molecule has 0 saturated heterocycles. The van der Waals surface area contributed by atoms with Crippen LogP contribution in [0.2, 0.25) is 0 Å². The molecule has 148 valence electrons. The number of aryl methyl sites for hydroxylation is 1. The molecule has 0 unspecified atom stereocenters. The lowest BCUT2D eigenvalue weighted by atomic mass is 10.0. The van der Waals surface area contributed by atoms with E-state index < -0.39 is 0 Å². The Hall–Kier alpha value is -1.31. The van der Waals surface area contributed by atoms with Crippen LogP contribution in [0.15, 0.2) is 24.3 Å². The van der Waals surface area contributed by atoms with E-state index in [0.29, 0.717) is 6.42 Å². The van der Waals surface area contributed by atoms with Gasteiger partial charge in [-0.05, 0) is 37.0 Å². The molecule has 1 rings (SSSR count). The molecule has 1 aromatic carbocycles. The highest BCUT2D eigenvalue weighted by atomic mass is 16.1.